The maximum atomic E-state index is 9.85. The number of nitrogens with zero attached hydrogens (tertiary/aromatic N) is 1. The molecule has 1 aromatic carbocycles. The van der Waals surface area contributed by atoms with Crippen LogP contribution in [0.4, 0.5) is 0 Å². The van der Waals surface area contributed by atoms with E-state index in [1.165, 1.54) is 0 Å². The molecule has 0 aliphatic carbocycles. The summed E-state index contributed by atoms with van der Waals surface area (Å²) in [7, 11) is 0. The minimum Gasteiger partial charge on any atom is -0.386 e. The Morgan fingerprint density at radius 3 is 2.76 bits per heavy atom. The van der Waals surface area contributed by atoms with Gasteiger partial charge in [-0.15, -0.1) is 0 Å². The normalized spacial score (nSPS) is 13.4. The van der Waals surface area contributed by atoms with Gasteiger partial charge in [0.05, 0.1) is 12.6 Å². The van der Waals surface area contributed by atoms with Gasteiger partial charge in [0, 0.05) is 6.54 Å². The molecule has 4 N–H and O–H groups in total. The molecule has 94 valence electrons. The fraction of sp³-hybridized carbons (Fsp3) is 0.462. The van der Waals surface area contributed by atoms with Gasteiger partial charge in [0.2, 0.25) is 0 Å². The molecule has 4 nitrogen and oxygen atoms in total. The Hall–Kier alpha value is -1.55. The van der Waals surface area contributed by atoms with Crippen molar-refractivity contribution >= 4 is 5.96 Å². The first-order valence-corrected chi connectivity index (χ1v) is 6.00. The predicted molar refractivity (Wildman–Crippen MR) is 70.8 cm³/mol. The summed E-state index contributed by atoms with van der Waals surface area (Å²) in [5.74, 6) is 0.397. The maximum absolute atomic E-state index is 9.85. The van der Waals surface area contributed by atoms with E-state index in [0.717, 1.165) is 24.9 Å². The molecule has 1 aromatic rings. The van der Waals surface area contributed by atoms with E-state index in [1.54, 1.807) is 0 Å². The molecular weight excluding hydrogens is 214 g/mol. The number of aliphatic hydroxyl groups excluding tert-OH is 1. The SMILES string of the molecule is CCCCNC(N)=NC[C@H](O)c1ccccc1. The molecule has 0 aliphatic rings. The first-order chi connectivity index (χ1) is 8.24. The Kier molecular flexibility index (Phi) is 6.10. The standard InChI is InChI=1S/C13H21N3O/c1-2-3-9-15-13(14)16-10-12(17)11-7-5-4-6-8-11/h4-8,12,17H,2-3,9-10H2,1H3,(H3,14,15,16)/t12-/m0/s1. The first-order valence-electron chi connectivity index (χ1n) is 6.00. The van der Waals surface area contributed by atoms with E-state index in [9.17, 15) is 5.11 Å². The Morgan fingerprint density at radius 1 is 1.41 bits per heavy atom. The number of hydrogen-bond donors (Lipinski definition) is 3. The van der Waals surface area contributed by atoms with Gasteiger partial charge >= 0.3 is 0 Å². The number of aliphatic imine (C=N–C) groups is 1. The Bertz CT molecular complexity index is 338. The molecule has 0 heterocycles. The summed E-state index contributed by atoms with van der Waals surface area (Å²) in [6, 6.07) is 9.46. The van der Waals surface area contributed by atoms with E-state index in [2.05, 4.69) is 17.2 Å². The molecule has 0 saturated carbocycles. The lowest BCUT2D eigenvalue weighted by molar-refractivity contribution is 0.187. The molecule has 0 aliphatic heterocycles. The molecule has 17 heavy (non-hydrogen) atoms. The van der Waals surface area contributed by atoms with Crippen LogP contribution in [0.3, 0.4) is 0 Å². The van der Waals surface area contributed by atoms with E-state index in [-0.39, 0.29) is 6.54 Å². The van der Waals surface area contributed by atoms with E-state index < -0.39 is 6.10 Å². The summed E-state index contributed by atoms with van der Waals surface area (Å²) in [6.45, 7) is 3.23. The van der Waals surface area contributed by atoms with Crippen LogP contribution in [0.1, 0.15) is 31.4 Å². The van der Waals surface area contributed by atoms with Gasteiger partial charge in [0.25, 0.3) is 0 Å². The van der Waals surface area contributed by atoms with Crippen LogP contribution in [0.2, 0.25) is 0 Å². The molecule has 0 saturated heterocycles. The summed E-state index contributed by atoms with van der Waals surface area (Å²) >= 11 is 0. The topological polar surface area (TPSA) is 70.6 Å². The number of nitrogens with one attached hydrogen (secondary N) is 1. The summed E-state index contributed by atoms with van der Waals surface area (Å²) in [6.07, 6.45) is 1.59. The van der Waals surface area contributed by atoms with Crippen LogP contribution in [0, 0.1) is 0 Å². The van der Waals surface area contributed by atoms with Gasteiger partial charge < -0.3 is 16.2 Å². The van der Waals surface area contributed by atoms with Crippen molar-refractivity contribution in [2.45, 2.75) is 25.9 Å². The zero-order chi connectivity index (χ0) is 12.5. The average Bonchev–Trinajstić information content (AvgIpc) is 2.37. The quantitative estimate of drug-likeness (QED) is 0.397. The molecule has 1 atom stereocenters. The van der Waals surface area contributed by atoms with Crippen LogP contribution in [0.5, 0.6) is 0 Å². The van der Waals surface area contributed by atoms with Gasteiger partial charge in [-0.05, 0) is 12.0 Å². The van der Waals surface area contributed by atoms with Crippen molar-refractivity contribution in [1.29, 1.82) is 0 Å². The Balaban J connectivity index is 2.36. The fourth-order valence-electron chi connectivity index (χ4n) is 1.41. The number of benzene rings is 1. The van der Waals surface area contributed by atoms with Gasteiger partial charge in [-0.3, -0.25) is 4.99 Å². The van der Waals surface area contributed by atoms with Crippen LogP contribution in [0.25, 0.3) is 0 Å². The third-order valence-electron chi connectivity index (χ3n) is 2.46. The molecular formula is C13H21N3O. The zero-order valence-corrected chi connectivity index (χ0v) is 10.3. The molecule has 0 amide bonds. The van der Waals surface area contributed by atoms with Gasteiger partial charge in [-0.2, -0.15) is 0 Å². The highest BCUT2D eigenvalue weighted by Crippen LogP contribution is 2.11. The van der Waals surface area contributed by atoms with Crippen molar-refractivity contribution in [1.82, 2.24) is 5.32 Å². The Labute approximate surface area is 103 Å². The second-order valence-electron chi connectivity index (χ2n) is 3.93. The fourth-order valence-corrected chi connectivity index (χ4v) is 1.41. The molecule has 0 aromatic heterocycles. The van der Waals surface area contributed by atoms with Crippen molar-refractivity contribution in [3.05, 3.63) is 35.9 Å². The lowest BCUT2D eigenvalue weighted by Crippen LogP contribution is -2.32. The predicted octanol–water partition coefficient (Wildman–Crippen LogP) is 1.42. The second-order valence-corrected chi connectivity index (χ2v) is 3.93. The van der Waals surface area contributed by atoms with E-state index in [4.69, 9.17) is 5.73 Å². The number of guanidine groups is 1. The second kappa shape index (κ2) is 7.68. The lowest BCUT2D eigenvalue weighted by Gasteiger charge is -2.09. The molecule has 0 bridgehead atoms. The number of unbranched alkanes of at least 4 members (excludes halogenated alkanes) is 1. The summed E-state index contributed by atoms with van der Waals surface area (Å²) in [5, 5.41) is 12.9. The summed E-state index contributed by atoms with van der Waals surface area (Å²) in [5.41, 5.74) is 6.53. The van der Waals surface area contributed by atoms with Crippen molar-refractivity contribution in [2.24, 2.45) is 10.7 Å². The smallest absolute Gasteiger partial charge is 0.188 e. The van der Waals surface area contributed by atoms with Crippen molar-refractivity contribution in [2.75, 3.05) is 13.1 Å². The molecule has 1 rings (SSSR count). The largest absolute Gasteiger partial charge is 0.386 e. The highest BCUT2D eigenvalue weighted by molar-refractivity contribution is 5.77. The molecule has 0 unspecified atom stereocenters. The summed E-state index contributed by atoms with van der Waals surface area (Å²) < 4.78 is 0. The highest BCUT2D eigenvalue weighted by atomic mass is 16.3. The lowest BCUT2D eigenvalue weighted by atomic mass is 10.1. The van der Waals surface area contributed by atoms with E-state index in [0.29, 0.717) is 5.96 Å². The number of rotatable bonds is 6. The highest BCUT2D eigenvalue weighted by Gasteiger charge is 2.05. The van der Waals surface area contributed by atoms with E-state index >= 15 is 0 Å². The van der Waals surface area contributed by atoms with Gasteiger partial charge in [0.15, 0.2) is 5.96 Å². The minimum absolute atomic E-state index is 0.287. The van der Waals surface area contributed by atoms with Gasteiger partial charge in [0.1, 0.15) is 0 Å². The monoisotopic (exact) mass is 235 g/mol. The molecule has 0 radical (unpaired) electrons. The van der Waals surface area contributed by atoms with Crippen molar-refractivity contribution < 1.29 is 5.11 Å². The average molecular weight is 235 g/mol. The third-order valence-corrected chi connectivity index (χ3v) is 2.46. The van der Waals surface area contributed by atoms with Gasteiger partial charge in [-0.1, -0.05) is 43.7 Å². The molecule has 0 spiro atoms. The first kappa shape index (κ1) is 13.5. The molecule has 4 heteroatoms. The van der Waals surface area contributed by atoms with E-state index in [1.807, 2.05) is 30.3 Å². The van der Waals surface area contributed by atoms with Crippen LogP contribution < -0.4 is 11.1 Å². The summed E-state index contributed by atoms with van der Waals surface area (Å²) in [4.78, 5) is 4.11. The van der Waals surface area contributed by atoms with Crippen molar-refractivity contribution in [3.8, 4) is 0 Å². The van der Waals surface area contributed by atoms with Crippen molar-refractivity contribution in [3.63, 3.8) is 0 Å². The number of nitrogens with two attached hydrogens (primary N) is 1. The van der Waals surface area contributed by atoms with Crippen LogP contribution >= 0.6 is 0 Å². The molecule has 0 fully saturated rings. The van der Waals surface area contributed by atoms with Crippen LogP contribution in [-0.4, -0.2) is 24.2 Å². The van der Waals surface area contributed by atoms with Crippen LogP contribution in [-0.2, 0) is 0 Å². The van der Waals surface area contributed by atoms with Crippen LogP contribution in [0.15, 0.2) is 35.3 Å². The zero-order valence-electron chi connectivity index (χ0n) is 10.3. The number of aliphatic hydroxyl groups is 1. The van der Waals surface area contributed by atoms with Gasteiger partial charge in [-0.25, -0.2) is 0 Å². The maximum Gasteiger partial charge on any atom is 0.188 e. The Morgan fingerprint density at radius 2 is 2.12 bits per heavy atom. The number of hydrogen-bond acceptors (Lipinski definition) is 2. The third kappa shape index (κ3) is 5.36. The minimum atomic E-state index is -0.595.